The summed E-state index contributed by atoms with van der Waals surface area (Å²) in [5.41, 5.74) is 9.45. The maximum Gasteiger partial charge on any atom is 0.338 e. The molecular formula is C24H23N3O4. The van der Waals surface area contributed by atoms with E-state index in [1.807, 2.05) is 68.4 Å². The van der Waals surface area contributed by atoms with E-state index >= 15 is 0 Å². The van der Waals surface area contributed by atoms with Crippen LogP contribution in [0.5, 0.6) is 0 Å². The number of hydrogen-bond donors (Lipinski definition) is 2. The molecule has 2 aromatic heterocycles. The minimum absolute atomic E-state index is 0.0189. The molecule has 7 nitrogen and oxygen atoms in total. The second-order valence-corrected chi connectivity index (χ2v) is 7.34. The predicted octanol–water partition coefficient (Wildman–Crippen LogP) is 5.16. The first-order valence-electron chi connectivity index (χ1n) is 9.88. The van der Waals surface area contributed by atoms with Crippen LogP contribution >= 0.6 is 0 Å². The number of furan rings is 1. The molecule has 0 atom stereocenters. The van der Waals surface area contributed by atoms with Gasteiger partial charge < -0.3 is 14.6 Å². The SMILES string of the molecule is CC(=CCN(O)C(N)=O)c1ccc2oc(Cc3nc(-c4ccccc4)oc3C)cc2c1. The average Bonchev–Trinajstić information content (AvgIpc) is 3.34. The van der Waals surface area contributed by atoms with E-state index in [9.17, 15) is 10.0 Å². The van der Waals surface area contributed by atoms with Gasteiger partial charge in [0.1, 0.15) is 17.1 Å². The van der Waals surface area contributed by atoms with Gasteiger partial charge in [0, 0.05) is 10.9 Å². The smallest absolute Gasteiger partial charge is 0.338 e. The van der Waals surface area contributed by atoms with Crippen LogP contribution < -0.4 is 5.73 Å². The van der Waals surface area contributed by atoms with Gasteiger partial charge in [-0.25, -0.2) is 14.8 Å². The zero-order valence-corrected chi connectivity index (χ0v) is 17.3. The summed E-state index contributed by atoms with van der Waals surface area (Å²) in [6.07, 6.45) is 2.26. The number of benzene rings is 2. The first kappa shape index (κ1) is 20.4. The van der Waals surface area contributed by atoms with Crippen molar-refractivity contribution in [3.8, 4) is 11.5 Å². The number of fused-ring (bicyclic) bond motifs is 1. The quantitative estimate of drug-likeness (QED) is 0.333. The predicted molar refractivity (Wildman–Crippen MR) is 117 cm³/mol. The fourth-order valence-electron chi connectivity index (χ4n) is 3.32. The lowest BCUT2D eigenvalue weighted by atomic mass is 10.1. The number of aromatic nitrogens is 1. The van der Waals surface area contributed by atoms with Crippen LogP contribution in [0, 0.1) is 6.92 Å². The molecule has 4 rings (SSSR count). The Morgan fingerprint density at radius 3 is 2.68 bits per heavy atom. The number of nitrogens with zero attached hydrogens (tertiary/aromatic N) is 2. The van der Waals surface area contributed by atoms with Crippen molar-refractivity contribution in [2.75, 3.05) is 6.54 Å². The summed E-state index contributed by atoms with van der Waals surface area (Å²) in [6, 6.07) is 16.7. The lowest BCUT2D eigenvalue weighted by Gasteiger charge is -2.09. The van der Waals surface area contributed by atoms with Crippen molar-refractivity contribution in [2.45, 2.75) is 20.3 Å². The van der Waals surface area contributed by atoms with Gasteiger partial charge in [0.15, 0.2) is 0 Å². The highest BCUT2D eigenvalue weighted by atomic mass is 16.5. The summed E-state index contributed by atoms with van der Waals surface area (Å²) in [4.78, 5) is 15.6. The van der Waals surface area contributed by atoms with E-state index in [1.54, 1.807) is 6.08 Å². The first-order chi connectivity index (χ1) is 14.9. The molecule has 0 aliphatic carbocycles. The summed E-state index contributed by atoms with van der Waals surface area (Å²) >= 11 is 0. The summed E-state index contributed by atoms with van der Waals surface area (Å²) < 4.78 is 11.8. The molecule has 0 spiro atoms. The molecule has 2 heterocycles. The van der Waals surface area contributed by atoms with E-state index in [1.165, 1.54) is 0 Å². The van der Waals surface area contributed by atoms with Crippen molar-refractivity contribution in [3.05, 3.63) is 83.5 Å². The molecular weight excluding hydrogens is 394 g/mol. The number of hydrogen-bond acceptors (Lipinski definition) is 5. The highest BCUT2D eigenvalue weighted by molar-refractivity contribution is 5.83. The summed E-state index contributed by atoms with van der Waals surface area (Å²) in [6.45, 7) is 3.83. The number of allylic oxidation sites excluding steroid dienone is 1. The van der Waals surface area contributed by atoms with Gasteiger partial charge >= 0.3 is 6.03 Å². The number of primary amides is 1. The van der Waals surface area contributed by atoms with E-state index < -0.39 is 6.03 Å². The molecule has 7 heteroatoms. The fourth-order valence-corrected chi connectivity index (χ4v) is 3.32. The van der Waals surface area contributed by atoms with Crippen LogP contribution in [0.15, 0.2) is 69.5 Å². The summed E-state index contributed by atoms with van der Waals surface area (Å²) in [5, 5.41) is 10.8. The Morgan fingerprint density at radius 2 is 1.94 bits per heavy atom. The number of amides is 2. The van der Waals surface area contributed by atoms with Crippen LogP contribution in [0.25, 0.3) is 28.0 Å². The molecule has 0 aliphatic heterocycles. The standard InChI is InChI=1S/C24H23N3O4/c1-15(10-11-27(29)24(25)28)18-8-9-22-19(12-18)13-20(31-22)14-21-16(2)30-23(26-21)17-6-4-3-5-7-17/h3-10,12-13,29H,11,14H2,1-2H3,(H2,25,28). The maximum atomic E-state index is 10.9. The monoisotopic (exact) mass is 417 g/mol. The van der Waals surface area contributed by atoms with Gasteiger partial charge in [0.05, 0.1) is 18.7 Å². The van der Waals surface area contributed by atoms with Crippen LogP contribution in [-0.2, 0) is 6.42 Å². The van der Waals surface area contributed by atoms with Gasteiger partial charge in [0.2, 0.25) is 5.89 Å². The normalized spacial score (nSPS) is 11.8. The van der Waals surface area contributed by atoms with Crippen LogP contribution in [0.3, 0.4) is 0 Å². The zero-order valence-electron chi connectivity index (χ0n) is 17.3. The molecule has 0 radical (unpaired) electrons. The lowest BCUT2D eigenvalue weighted by molar-refractivity contribution is -0.0287. The second kappa shape index (κ2) is 8.49. The molecule has 0 fully saturated rings. The van der Waals surface area contributed by atoms with Crippen molar-refractivity contribution in [2.24, 2.45) is 5.73 Å². The highest BCUT2D eigenvalue weighted by Crippen LogP contribution is 2.27. The van der Waals surface area contributed by atoms with Crippen LogP contribution in [0.4, 0.5) is 4.79 Å². The van der Waals surface area contributed by atoms with E-state index in [2.05, 4.69) is 4.98 Å². The summed E-state index contributed by atoms with van der Waals surface area (Å²) in [7, 11) is 0. The molecule has 158 valence electrons. The Labute approximate surface area is 179 Å². The van der Waals surface area contributed by atoms with Gasteiger partial charge in [-0.3, -0.25) is 5.21 Å². The van der Waals surface area contributed by atoms with Crippen molar-refractivity contribution in [1.29, 1.82) is 0 Å². The Balaban J connectivity index is 1.55. The zero-order chi connectivity index (χ0) is 22.0. The molecule has 2 amide bonds. The van der Waals surface area contributed by atoms with Crippen LogP contribution in [-0.4, -0.2) is 27.8 Å². The third kappa shape index (κ3) is 4.51. The molecule has 0 saturated heterocycles. The third-order valence-electron chi connectivity index (χ3n) is 5.10. The third-order valence-corrected chi connectivity index (χ3v) is 5.10. The highest BCUT2D eigenvalue weighted by Gasteiger charge is 2.14. The first-order valence-corrected chi connectivity index (χ1v) is 9.88. The van der Waals surface area contributed by atoms with Crippen molar-refractivity contribution in [1.82, 2.24) is 10.0 Å². The molecule has 4 aromatic rings. The van der Waals surface area contributed by atoms with Crippen LogP contribution in [0.2, 0.25) is 0 Å². The number of aryl methyl sites for hydroxylation is 1. The number of nitrogens with two attached hydrogens (primary N) is 1. The Bertz CT molecular complexity index is 1250. The van der Waals surface area contributed by atoms with Gasteiger partial charge in [-0.1, -0.05) is 30.3 Å². The number of rotatable bonds is 6. The van der Waals surface area contributed by atoms with E-state index in [0.29, 0.717) is 17.4 Å². The molecule has 0 saturated carbocycles. The van der Waals surface area contributed by atoms with Gasteiger partial charge in [0.25, 0.3) is 0 Å². The molecule has 0 aliphatic rings. The van der Waals surface area contributed by atoms with Crippen molar-refractivity contribution >= 4 is 22.6 Å². The molecule has 3 N–H and O–H groups in total. The van der Waals surface area contributed by atoms with Crippen molar-refractivity contribution in [3.63, 3.8) is 0 Å². The minimum Gasteiger partial charge on any atom is -0.461 e. The number of oxazole rings is 1. The lowest BCUT2D eigenvalue weighted by Crippen LogP contribution is -2.32. The molecule has 0 unspecified atom stereocenters. The molecule has 31 heavy (non-hydrogen) atoms. The number of carbonyl (C=O) groups is 1. The minimum atomic E-state index is -0.891. The van der Waals surface area contributed by atoms with E-state index in [-0.39, 0.29) is 6.54 Å². The average molecular weight is 417 g/mol. The maximum absolute atomic E-state index is 10.9. The fraction of sp³-hybridized carbons (Fsp3) is 0.167. The molecule has 0 bridgehead atoms. The van der Waals surface area contributed by atoms with Crippen LogP contribution in [0.1, 0.15) is 29.7 Å². The number of carbonyl (C=O) groups excluding carboxylic acids is 1. The summed E-state index contributed by atoms with van der Waals surface area (Å²) in [5.74, 6) is 2.16. The van der Waals surface area contributed by atoms with E-state index in [4.69, 9.17) is 14.6 Å². The van der Waals surface area contributed by atoms with Gasteiger partial charge in [-0.2, -0.15) is 0 Å². The largest absolute Gasteiger partial charge is 0.461 e. The van der Waals surface area contributed by atoms with Crippen molar-refractivity contribution < 1.29 is 18.8 Å². The van der Waals surface area contributed by atoms with E-state index in [0.717, 1.165) is 44.9 Å². The topological polar surface area (TPSA) is 106 Å². The molecule has 2 aromatic carbocycles. The number of urea groups is 1. The Hall–Kier alpha value is -3.84. The van der Waals surface area contributed by atoms with Gasteiger partial charge in [-0.05, 0) is 55.3 Å². The Morgan fingerprint density at radius 1 is 1.16 bits per heavy atom. The second-order valence-electron chi connectivity index (χ2n) is 7.34. The van der Waals surface area contributed by atoms with Gasteiger partial charge in [-0.15, -0.1) is 0 Å². The number of hydroxylamine groups is 2. The Kier molecular flexibility index (Phi) is 5.60.